The first-order valence-corrected chi connectivity index (χ1v) is 5.80. The molecule has 0 atom stereocenters. The lowest BCUT2D eigenvalue weighted by Crippen LogP contribution is -2.10. The van der Waals surface area contributed by atoms with Gasteiger partial charge in [0.25, 0.3) is 0 Å². The van der Waals surface area contributed by atoms with Crippen LogP contribution in [0.3, 0.4) is 0 Å². The Balaban J connectivity index is 2.54. The van der Waals surface area contributed by atoms with Gasteiger partial charge in [-0.3, -0.25) is 14.8 Å². The van der Waals surface area contributed by atoms with Gasteiger partial charge in [-0.15, -0.1) is 0 Å². The highest BCUT2D eigenvalue weighted by molar-refractivity contribution is 5.43. The molecule has 6 nitrogen and oxygen atoms in total. The van der Waals surface area contributed by atoms with Crippen LogP contribution in [0.15, 0.2) is 30.3 Å². The second-order valence-electron chi connectivity index (χ2n) is 4.20. The van der Waals surface area contributed by atoms with Crippen molar-refractivity contribution in [3.05, 3.63) is 57.4 Å². The van der Waals surface area contributed by atoms with Crippen molar-refractivity contribution in [1.29, 1.82) is 0 Å². The summed E-state index contributed by atoms with van der Waals surface area (Å²) in [6, 6.07) is 8.36. The number of halogens is 3. The SMILES string of the molecule is O=[N+]([O-])c1c(C(F)(F)F)nn(Cc2ccccc2)c1CO. The molecule has 21 heavy (non-hydrogen) atoms. The Morgan fingerprint density at radius 2 is 1.90 bits per heavy atom. The zero-order valence-electron chi connectivity index (χ0n) is 10.5. The van der Waals surface area contributed by atoms with Gasteiger partial charge in [0.05, 0.1) is 18.1 Å². The monoisotopic (exact) mass is 301 g/mol. The van der Waals surface area contributed by atoms with E-state index in [0.717, 1.165) is 4.68 Å². The Hall–Kier alpha value is -2.42. The molecule has 0 fully saturated rings. The van der Waals surface area contributed by atoms with Gasteiger partial charge in [0.2, 0.25) is 5.69 Å². The maximum absolute atomic E-state index is 12.8. The number of alkyl halides is 3. The first-order chi connectivity index (χ1) is 9.84. The van der Waals surface area contributed by atoms with Gasteiger partial charge in [-0.25, -0.2) is 0 Å². The molecule has 9 heteroatoms. The number of aliphatic hydroxyl groups excluding tert-OH is 1. The number of nitrogens with zero attached hydrogens (tertiary/aromatic N) is 3. The Bertz CT molecular complexity index is 653. The standard InChI is InChI=1S/C12H10F3N3O3/c13-12(14,15)11-10(18(20)21)9(7-19)17(16-11)6-8-4-2-1-3-5-8/h1-5,19H,6-7H2. The fourth-order valence-corrected chi connectivity index (χ4v) is 1.91. The molecule has 112 valence electrons. The van der Waals surface area contributed by atoms with Gasteiger partial charge in [0.1, 0.15) is 5.69 Å². The number of hydrogen-bond acceptors (Lipinski definition) is 4. The summed E-state index contributed by atoms with van der Waals surface area (Å²) in [6.45, 7) is -1.01. The summed E-state index contributed by atoms with van der Waals surface area (Å²) in [5.74, 6) is 0. The summed E-state index contributed by atoms with van der Waals surface area (Å²) in [5.41, 5.74) is -2.68. The van der Waals surface area contributed by atoms with Gasteiger partial charge in [0.15, 0.2) is 0 Å². The Labute approximate surface area is 116 Å². The summed E-state index contributed by atoms with van der Waals surface area (Å²) in [7, 11) is 0. The number of benzene rings is 1. The second-order valence-corrected chi connectivity index (χ2v) is 4.20. The van der Waals surface area contributed by atoms with Crippen LogP contribution < -0.4 is 0 Å². The fraction of sp³-hybridized carbons (Fsp3) is 0.250. The molecule has 0 bridgehead atoms. The zero-order valence-corrected chi connectivity index (χ0v) is 10.5. The molecular formula is C12H10F3N3O3. The molecule has 0 spiro atoms. The van der Waals surface area contributed by atoms with Crippen molar-refractivity contribution in [2.75, 3.05) is 0 Å². The maximum Gasteiger partial charge on any atom is 0.442 e. The largest absolute Gasteiger partial charge is 0.442 e. The first kappa shape index (κ1) is 15.0. The number of nitro groups is 1. The van der Waals surface area contributed by atoms with Gasteiger partial charge in [-0.2, -0.15) is 18.3 Å². The summed E-state index contributed by atoms with van der Waals surface area (Å²) >= 11 is 0. The lowest BCUT2D eigenvalue weighted by atomic mass is 10.2. The van der Waals surface area contributed by atoms with Crippen LogP contribution in [0.2, 0.25) is 0 Å². The molecule has 0 saturated heterocycles. The van der Waals surface area contributed by atoms with Crippen LogP contribution in [-0.2, 0) is 19.3 Å². The molecule has 0 amide bonds. The van der Waals surface area contributed by atoms with Crippen LogP contribution >= 0.6 is 0 Å². The number of aliphatic hydroxyl groups is 1. The summed E-state index contributed by atoms with van der Waals surface area (Å²) in [6.07, 6.45) is -4.96. The van der Waals surface area contributed by atoms with E-state index in [1.807, 2.05) is 0 Å². The third-order valence-electron chi connectivity index (χ3n) is 2.81. The van der Waals surface area contributed by atoms with Crippen molar-refractivity contribution in [1.82, 2.24) is 9.78 Å². The normalized spacial score (nSPS) is 11.6. The van der Waals surface area contributed by atoms with Crippen LogP contribution in [0.4, 0.5) is 18.9 Å². The molecule has 0 radical (unpaired) electrons. The molecule has 0 saturated carbocycles. The van der Waals surface area contributed by atoms with E-state index in [1.165, 1.54) is 0 Å². The van der Waals surface area contributed by atoms with Gasteiger partial charge < -0.3 is 5.11 Å². The van der Waals surface area contributed by atoms with E-state index in [0.29, 0.717) is 5.56 Å². The number of aromatic nitrogens is 2. The van der Waals surface area contributed by atoms with E-state index in [4.69, 9.17) is 0 Å². The minimum Gasteiger partial charge on any atom is -0.390 e. The number of hydrogen-bond donors (Lipinski definition) is 1. The third-order valence-corrected chi connectivity index (χ3v) is 2.81. The van der Waals surface area contributed by atoms with Crippen molar-refractivity contribution in [2.24, 2.45) is 0 Å². The lowest BCUT2D eigenvalue weighted by molar-refractivity contribution is -0.389. The van der Waals surface area contributed by atoms with E-state index < -0.39 is 34.8 Å². The molecule has 1 heterocycles. The second kappa shape index (κ2) is 5.52. The lowest BCUT2D eigenvalue weighted by Gasteiger charge is -2.04. The quantitative estimate of drug-likeness (QED) is 0.694. The van der Waals surface area contributed by atoms with Gasteiger partial charge in [0, 0.05) is 0 Å². The van der Waals surface area contributed by atoms with E-state index >= 15 is 0 Å². The smallest absolute Gasteiger partial charge is 0.390 e. The van der Waals surface area contributed by atoms with E-state index in [2.05, 4.69) is 5.10 Å². The minimum atomic E-state index is -4.96. The van der Waals surface area contributed by atoms with E-state index in [1.54, 1.807) is 30.3 Å². The van der Waals surface area contributed by atoms with E-state index in [9.17, 15) is 28.4 Å². The molecule has 0 aliphatic carbocycles. The zero-order chi connectivity index (χ0) is 15.6. The summed E-state index contributed by atoms with van der Waals surface area (Å²) < 4.78 is 39.2. The van der Waals surface area contributed by atoms with Crippen molar-refractivity contribution in [3.8, 4) is 0 Å². The predicted octanol–water partition coefficient (Wildman–Crippen LogP) is 2.35. The van der Waals surface area contributed by atoms with Crippen molar-refractivity contribution >= 4 is 5.69 Å². The third kappa shape index (κ3) is 3.02. The van der Waals surface area contributed by atoms with Crippen LogP contribution in [0.25, 0.3) is 0 Å². The Kier molecular flexibility index (Phi) is 3.94. The molecule has 0 unspecified atom stereocenters. The van der Waals surface area contributed by atoms with Crippen LogP contribution in [0.5, 0.6) is 0 Å². The molecular weight excluding hydrogens is 291 g/mol. The molecule has 0 aliphatic heterocycles. The topological polar surface area (TPSA) is 81.2 Å². The highest BCUT2D eigenvalue weighted by Crippen LogP contribution is 2.37. The molecule has 2 aromatic rings. The molecule has 2 rings (SSSR count). The van der Waals surface area contributed by atoms with Crippen molar-refractivity contribution < 1.29 is 23.2 Å². The Morgan fingerprint density at radius 3 is 2.38 bits per heavy atom. The maximum atomic E-state index is 12.8. The predicted molar refractivity (Wildman–Crippen MR) is 65.4 cm³/mol. The molecule has 1 aromatic carbocycles. The average molecular weight is 301 g/mol. The van der Waals surface area contributed by atoms with Gasteiger partial charge in [-0.05, 0) is 5.56 Å². The first-order valence-electron chi connectivity index (χ1n) is 5.80. The molecule has 1 N–H and O–H groups in total. The minimum absolute atomic E-state index is 0.104. The highest BCUT2D eigenvalue weighted by Gasteiger charge is 2.44. The summed E-state index contributed by atoms with van der Waals surface area (Å²) in [5, 5.41) is 23.3. The van der Waals surface area contributed by atoms with Gasteiger partial charge in [-0.1, -0.05) is 30.3 Å². The highest BCUT2D eigenvalue weighted by atomic mass is 19.4. The van der Waals surface area contributed by atoms with Crippen molar-refractivity contribution in [2.45, 2.75) is 19.3 Å². The number of rotatable bonds is 4. The summed E-state index contributed by atoms with van der Waals surface area (Å²) in [4.78, 5) is 9.68. The molecule has 0 aliphatic rings. The molecule has 1 aromatic heterocycles. The van der Waals surface area contributed by atoms with Crippen LogP contribution in [0.1, 0.15) is 17.0 Å². The van der Waals surface area contributed by atoms with Crippen LogP contribution in [0, 0.1) is 10.1 Å². The van der Waals surface area contributed by atoms with Crippen molar-refractivity contribution in [3.63, 3.8) is 0 Å². The Morgan fingerprint density at radius 1 is 1.29 bits per heavy atom. The fourth-order valence-electron chi connectivity index (χ4n) is 1.91. The van der Waals surface area contributed by atoms with E-state index in [-0.39, 0.29) is 6.54 Å². The average Bonchev–Trinajstić information content (AvgIpc) is 2.78. The van der Waals surface area contributed by atoms with Crippen LogP contribution in [-0.4, -0.2) is 19.8 Å². The van der Waals surface area contributed by atoms with Gasteiger partial charge >= 0.3 is 11.9 Å².